The first kappa shape index (κ1) is 15.5. The van der Waals surface area contributed by atoms with E-state index >= 15 is 0 Å². The average Bonchev–Trinajstić information content (AvgIpc) is 2.39. The van der Waals surface area contributed by atoms with Gasteiger partial charge in [0, 0.05) is 5.92 Å². The molecule has 1 aromatic rings. The molecule has 0 aliphatic heterocycles. The van der Waals surface area contributed by atoms with Crippen LogP contribution in [0.4, 0.5) is 0 Å². The van der Waals surface area contributed by atoms with Gasteiger partial charge in [-0.15, -0.1) is 0 Å². The van der Waals surface area contributed by atoms with E-state index in [0.717, 1.165) is 24.8 Å². The van der Waals surface area contributed by atoms with Crippen LogP contribution in [0.5, 0.6) is 11.5 Å². The summed E-state index contributed by atoms with van der Waals surface area (Å²) in [6.07, 6.45) is 2.36. The van der Waals surface area contributed by atoms with Gasteiger partial charge in [0.15, 0.2) is 11.5 Å². The fourth-order valence-electron chi connectivity index (χ4n) is 1.68. The van der Waals surface area contributed by atoms with Crippen molar-refractivity contribution in [3.05, 3.63) is 23.8 Å². The Morgan fingerprint density at radius 1 is 1.47 bits per heavy atom. The maximum Gasteiger partial charge on any atom is 0.161 e. The van der Waals surface area contributed by atoms with Crippen molar-refractivity contribution in [3.63, 3.8) is 0 Å². The van der Waals surface area contributed by atoms with Crippen molar-refractivity contribution in [2.75, 3.05) is 13.2 Å². The number of aromatic hydroxyl groups is 1. The first-order valence-corrected chi connectivity index (χ1v) is 6.69. The summed E-state index contributed by atoms with van der Waals surface area (Å²) in [6.45, 7) is 4.61. The fourth-order valence-corrected chi connectivity index (χ4v) is 1.68. The molecule has 0 saturated heterocycles. The Kier molecular flexibility index (Phi) is 6.36. The van der Waals surface area contributed by atoms with Gasteiger partial charge in [-0.2, -0.15) is 0 Å². The summed E-state index contributed by atoms with van der Waals surface area (Å²) in [4.78, 5) is 11.2. The summed E-state index contributed by atoms with van der Waals surface area (Å²) in [6, 6.07) is 5.32. The average molecular weight is 265 g/mol. The molecular formula is C15H23NO3. The summed E-state index contributed by atoms with van der Waals surface area (Å²) < 4.78 is 5.48. The molecule has 1 rings (SSSR count). The number of ketones is 1. The number of ether oxygens (including phenoxy) is 1. The second-order valence-electron chi connectivity index (χ2n) is 4.84. The van der Waals surface area contributed by atoms with Gasteiger partial charge in [0.1, 0.15) is 5.78 Å². The lowest BCUT2D eigenvalue weighted by Gasteiger charge is -2.11. The highest BCUT2D eigenvalue weighted by Gasteiger charge is 2.09. The number of benzene rings is 1. The van der Waals surface area contributed by atoms with Crippen molar-refractivity contribution >= 4 is 5.78 Å². The van der Waals surface area contributed by atoms with E-state index in [0.29, 0.717) is 18.9 Å². The van der Waals surface area contributed by atoms with Gasteiger partial charge in [0.05, 0.1) is 6.61 Å². The van der Waals surface area contributed by atoms with Crippen LogP contribution in [0.25, 0.3) is 0 Å². The molecule has 106 valence electrons. The van der Waals surface area contributed by atoms with Crippen LogP contribution >= 0.6 is 0 Å². The lowest BCUT2D eigenvalue weighted by Crippen LogP contribution is -2.08. The van der Waals surface area contributed by atoms with Crippen molar-refractivity contribution in [3.8, 4) is 11.5 Å². The minimum atomic E-state index is 0.0652. The van der Waals surface area contributed by atoms with E-state index in [1.807, 2.05) is 19.1 Å². The van der Waals surface area contributed by atoms with E-state index in [9.17, 15) is 9.90 Å². The van der Waals surface area contributed by atoms with Gasteiger partial charge in [-0.25, -0.2) is 0 Å². The van der Waals surface area contributed by atoms with Gasteiger partial charge in [0.2, 0.25) is 0 Å². The van der Waals surface area contributed by atoms with Gasteiger partial charge in [-0.3, -0.25) is 4.79 Å². The molecule has 0 aliphatic rings. The second kappa shape index (κ2) is 7.79. The first-order chi connectivity index (χ1) is 9.04. The molecule has 0 spiro atoms. The maximum atomic E-state index is 11.2. The smallest absolute Gasteiger partial charge is 0.161 e. The molecule has 0 aromatic heterocycles. The molecule has 19 heavy (non-hydrogen) atoms. The molecule has 0 saturated carbocycles. The summed E-state index contributed by atoms with van der Waals surface area (Å²) in [7, 11) is 0. The number of carbonyl (C=O) groups is 1. The molecule has 4 nitrogen and oxygen atoms in total. The standard InChI is InChI=1S/C15H23NO3/c1-11(12(2)17)4-5-13-6-7-14(18)15(10-13)19-9-3-8-16/h6-7,10-11,18H,3-5,8-9,16H2,1-2H3. The number of aryl methyl sites for hydroxylation is 1. The van der Waals surface area contributed by atoms with Crippen LogP contribution < -0.4 is 10.5 Å². The molecule has 4 heteroatoms. The van der Waals surface area contributed by atoms with Crippen molar-refractivity contribution in [1.29, 1.82) is 0 Å². The SMILES string of the molecule is CC(=O)C(C)CCc1ccc(O)c(OCCCN)c1. The van der Waals surface area contributed by atoms with E-state index in [-0.39, 0.29) is 17.5 Å². The van der Waals surface area contributed by atoms with Crippen molar-refractivity contribution < 1.29 is 14.6 Å². The molecule has 1 atom stereocenters. The second-order valence-corrected chi connectivity index (χ2v) is 4.84. The number of hydrogen-bond donors (Lipinski definition) is 2. The monoisotopic (exact) mass is 265 g/mol. The van der Waals surface area contributed by atoms with Gasteiger partial charge >= 0.3 is 0 Å². The first-order valence-electron chi connectivity index (χ1n) is 6.69. The predicted molar refractivity (Wildman–Crippen MR) is 75.4 cm³/mol. The zero-order chi connectivity index (χ0) is 14.3. The molecule has 0 heterocycles. The van der Waals surface area contributed by atoms with E-state index in [1.54, 1.807) is 13.0 Å². The van der Waals surface area contributed by atoms with Crippen LogP contribution in [-0.4, -0.2) is 24.0 Å². The van der Waals surface area contributed by atoms with Crippen molar-refractivity contribution in [2.24, 2.45) is 11.7 Å². The van der Waals surface area contributed by atoms with Crippen LogP contribution in [0, 0.1) is 5.92 Å². The number of phenolic OH excluding ortho intramolecular Hbond substituents is 1. The topological polar surface area (TPSA) is 72.5 Å². The quantitative estimate of drug-likeness (QED) is 0.707. The predicted octanol–water partition coefficient (Wildman–Crippen LogP) is 2.28. The number of hydrogen-bond acceptors (Lipinski definition) is 4. The zero-order valence-corrected chi connectivity index (χ0v) is 11.7. The highest BCUT2D eigenvalue weighted by Crippen LogP contribution is 2.27. The molecule has 1 unspecified atom stereocenters. The molecule has 1 aromatic carbocycles. The van der Waals surface area contributed by atoms with Crippen molar-refractivity contribution in [1.82, 2.24) is 0 Å². The van der Waals surface area contributed by atoms with Gasteiger partial charge in [0.25, 0.3) is 0 Å². The third-order valence-electron chi connectivity index (χ3n) is 3.19. The van der Waals surface area contributed by atoms with Crippen LogP contribution in [0.1, 0.15) is 32.3 Å². The molecule has 3 N–H and O–H groups in total. The minimum Gasteiger partial charge on any atom is -0.504 e. The largest absolute Gasteiger partial charge is 0.504 e. The highest BCUT2D eigenvalue weighted by molar-refractivity contribution is 5.77. The number of carbonyl (C=O) groups excluding carboxylic acids is 1. The number of phenols is 1. The highest BCUT2D eigenvalue weighted by atomic mass is 16.5. The lowest BCUT2D eigenvalue weighted by molar-refractivity contribution is -0.120. The third kappa shape index (κ3) is 5.30. The Hall–Kier alpha value is -1.55. The van der Waals surface area contributed by atoms with Crippen LogP contribution in [0.2, 0.25) is 0 Å². The summed E-state index contributed by atoms with van der Waals surface area (Å²) in [5.41, 5.74) is 6.46. The fraction of sp³-hybridized carbons (Fsp3) is 0.533. The Labute approximate surface area is 114 Å². The number of rotatable bonds is 8. The Bertz CT molecular complexity index is 418. The Balaban J connectivity index is 2.59. The normalized spacial score (nSPS) is 12.2. The number of Topliss-reactive ketones (excluding diaryl/α,β-unsaturated/α-hetero) is 1. The van der Waals surface area contributed by atoms with E-state index in [2.05, 4.69) is 0 Å². The van der Waals surface area contributed by atoms with Gasteiger partial charge in [-0.1, -0.05) is 13.0 Å². The van der Waals surface area contributed by atoms with Crippen LogP contribution in [0.3, 0.4) is 0 Å². The zero-order valence-electron chi connectivity index (χ0n) is 11.7. The lowest BCUT2D eigenvalue weighted by atomic mass is 9.98. The van der Waals surface area contributed by atoms with E-state index in [1.165, 1.54) is 0 Å². The van der Waals surface area contributed by atoms with E-state index < -0.39 is 0 Å². The Morgan fingerprint density at radius 2 is 2.21 bits per heavy atom. The third-order valence-corrected chi connectivity index (χ3v) is 3.19. The maximum absolute atomic E-state index is 11.2. The summed E-state index contributed by atoms with van der Waals surface area (Å²) in [5, 5.41) is 9.69. The minimum absolute atomic E-state index is 0.0652. The molecular weight excluding hydrogens is 242 g/mol. The summed E-state index contributed by atoms with van der Waals surface area (Å²) >= 11 is 0. The summed E-state index contributed by atoms with van der Waals surface area (Å²) in [5.74, 6) is 0.899. The number of nitrogens with two attached hydrogens (primary N) is 1. The molecule has 0 fully saturated rings. The molecule has 0 bridgehead atoms. The van der Waals surface area contributed by atoms with Crippen molar-refractivity contribution in [2.45, 2.75) is 33.1 Å². The van der Waals surface area contributed by atoms with Crippen LogP contribution in [-0.2, 0) is 11.2 Å². The van der Waals surface area contributed by atoms with Gasteiger partial charge in [-0.05, 0) is 50.4 Å². The van der Waals surface area contributed by atoms with E-state index in [4.69, 9.17) is 10.5 Å². The Morgan fingerprint density at radius 3 is 2.84 bits per heavy atom. The molecule has 0 amide bonds. The molecule has 0 radical (unpaired) electrons. The van der Waals surface area contributed by atoms with Crippen LogP contribution in [0.15, 0.2) is 18.2 Å². The van der Waals surface area contributed by atoms with Gasteiger partial charge < -0.3 is 15.6 Å². The molecule has 0 aliphatic carbocycles.